The highest BCUT2D eigenvalue weighted by molar-refractivity contribution is 5.71. The third-order valence-corrected chi connectivity index (χ3v) is 3.25. The fourth-order valence-electron chi connectivity index (χ4n) is 2.01. The Morgan fingerprint density at radius 2 is 2.15 bits per heavy atom. The van der Waals surface area contributed by atoms with Crippen molar-refractivity contribution >= 4 is 5.97 Å². The lowest BCUT2D eigenvalue weighted by molar-refractivity contribution is -0.148. The molecule has 0 spiro atoms. The van der Waals surface area contributed by atoms with E-state index in [9.17, 15) is 4.79 Å². The number of carboxylic acid groups (broad SMARTS) is 1. The molecule has 0 amide bonds. The van der Waals surface area contributed by atoms with E-state index in [1.807, 2.05) is 0 Å². The number of nitrogens with zero attached hydrogens (tertiary/aromatic N) is 1. The summed E-state index contributed by atoms with van der Waals surface area (Å²) in [5.74, 6) is 0.218. The Hall–Kier alpha value is -0.570. The van der Waals surface area contributed by atoms with Gasteiger partial charge in [0.2, 0.25) is 0 Å². The number of rotatable bonds is 4. The number of carbonyl (C=O) groups is 1. The monoisotopic (exact) mass is 183 g/mol. The largest absolute Gasteiger partial charge is 0.481 e. The Morgan fingerprint density at radius 3 is 2.62 bits per heavy atom. The first-order valence-corrected chi connectivity index (χ1v) is 5.13. The van der Waals surface area contributed by atoms with Crippen LogP contribution in [0.5, 0.6) is 0 Å². The van der Waals surface area contributed by atoms with Gasteiger partial charge in [0.15, 0.2) is 0 Å². The molecule has 2 fully saturated rings. The molecule has 1 aliphatic heterocycles. The van der Waals surface area contributed by atoms with Crippen molar-refractivity contribution in [2.75, 3.05) is 13.1 Å². The summed E-state index contributed by atoms with van der Waals surface area (Å²) in [5.41, 5.74) is 0. The van der Waals surface area contributed by atoms with E-state index in [-0.39, 0.29) is 5.92 Å². The van der Waals surface area contributed by atoms with Crippen molar-refractivity contribution in [2.45, 2.75) is 32.2 Å². The summed E-state index contributed by atoms with van der Waals surface area (Å²) in [6, 6.07) is 0.600. The van der Waals surface area contributed by atoms with Crippen LogP contribution in [-0.2, 0) is 4.79 Å². The fourth-order valence-corrected chi connectivity index (χ4v) is 2.01. The summed E-state index contributed by atoms with van der Waals surface area (Å²) >= 11 is 0. The van der Waals surface area contributed by atoms with Crippen LogP contribution in [0.4, 0.5) is 0 Å². The van der Waals surface area contributed by atoms with Crippen molar-refractivity contribution in [2.24, 2.45) is 11.8 Å². The van der Waals surface area contributed by atoms with E-state index < -0.39 is 5.97 Å². The van der Waals surface area contributed by atoms with Crippen LogP contribution < -0.4 is 0 Å². The lowest BCUT2D eigenvalue weighted by atomic mass is 9.96. The summed E-state index contributed by atoms with van der Waals surface area (Å²) in [5, 5.41) is 8.70. The molecule has 2 rings (SSSR count). The first-order chi connectivity index (χ1) is 6.16. The standard InChI is InChI=1S/C10H17NO2/c1-7(4-8-2-3-8)11-5-9(6-11)10(12)13/h7-9H,2-6H2,1H3,(H,12,13). The maximum Gasteiger partial charge on any atom is 0.309 e. The van der Waals surface area contributed by atoms with Gasteiger partial charge in [-0.15, -0.1) is 0 Å². The molecular formula is C10H17NO2. The highest BCUT2D eigenvalue weighted by Crippen LogP contribution is 2.35. The highest BCUT2D eigenvalue weighted by Gasteiger charge is 2.36. The van der Waals surface area contributed by atoms with Crippen LogP contribution in [0, 0.1) is 11.8 Å². The van der Waals surface area contributed by atoms with Gasteiger partial charge >= 0.3 is 5.97 Å². The molecule has 1 saturated carbocycles. The Bertz CT molecular complexity index is 207. The molecule has 3 heteroatoms. The van der Waals surface area contributed by atoms with Gasteiger partial charge < -0.3 is 5.11 Å². The van der Waals surface area contributed by atoms with Gasteiger partial charge in [-0.1, -0.05) is 12.8 Å². The molecular weight excluding hydrogens is 166 g/mol. The molecule has 0 aromatic heterocycles. The van der Waals surface area contributed by atoms with Gasteiger partial charge in [-0.3, -0.25) is 9.69 Å². The highest BCUT2D eigenvalue weighted by atomic mass is 16.4. The lowest BCUT2D eigenvalue weighted by Crippen LogP contribution is -2.54. The van der Waals surface area contributed by atoms with Crippen molar-refractivity contribution in [1.29, 1.82) is 0 Å². The van der Waals surface area contributed by atoms with Crippen LogP contribution in [0.15, 0.2) is 0 Å². The average molecular weight is 183 g/mol. The average Bonchev–Trinajstić information content (AvgIpc) is 2.66. The van der Waals surface area contributed by atoms with E-state index >= 15 is 0 Å². The van der Waals surface area contributed by atoms with Gasteiger partial charge in [-0.2, -0.15) is 0 Å². The minimum atomic E-state index is -0.630. The van der Waals surface area contributed by atoms with Crippen LogP contribution in [0.1, 0.15) is 26.2 Å². The maximum absolute atomic E-state index is 10.6. The van der Waals surface area contributed by atoms with Gasteiger partial charge in [-0.05, 0) is 19.3 Å². The van der Waals surface area contributed by atoms with E-state index in [1.54, 1.807) is 0 Å². The van der Waals surface area contributed by atoms with Crippen molar-refractivity contribution < 1.29 is 9.90 Å². The van der Waals surface area contributed by atoms with E-state index in [0.29, 0.717) is 6.04 Å². The number of aliphatic carboxylic acids is 1. The molecule has 1 heterocycles. The zero-order valence-electron chi connectivity index (χ0n) is 8.07. The van der Waals surface area contributed by atoms with Crippen molar-refractivity contribution in [3.05, 3.63) is 0 Å². The molecule has 2 aliphatic rings. The zero-order valence-corrected chi connectivity index (χ0v) is 8.07. The predicted molar refractivity (Wildman–Crippen MR) is 49.5 cm³/mol. The second-order valence-electron chi connectivity index (χ2n) is 4.52. The van der Waals surface area contributed by atoms with Crippen molar-refractivity contribution in [1.82, 2.24) is 4.90 Å². The third-order valence-electron chi connectivity index (χ3n) is 3.25. The fraction of sp³-hybridized carbons (Fsp3) is 0.900. The summed E-state index contributed by atoms with van der Waals surface area (Å²) in [7, 11) is 0. The number of hydrogen-bond donors (Lipinski definition) is 1. The van der Waals surface area contributed by atoms with E-state index in [4.69, 9.17) is 5.11 Å². The number of carboxylic acids is 1. The molecule has 1 atom stereocenters. The Morgan fingerprint density at radius 1 is 1.54 bits per heavy atom. The molecule has 0 aromatic carbocycles. The van der Waals surface area contributed by atoms with Crippen LogP contribution >= 0.6 is 0 Å². The molecule has 0 aromatic rings. The minimum Gasteiger partial charge on any atom is -0.481 e. The molecule has 1 aliphatic carbocycles. The second kappa shape index (κ2) is 3.29. The molecule has 0 bridgehead atoms. The summed E-state index contributed by atoms with van der Waals surface area (Å²) in [4.78, 5) is 12.8. The van der Waals surface area contributed by atoms with Gasteiger partial charge in [0.05, 0.1) is 5.92 Å². The SMILES string of the molecule is CC(CC1CC1)N1CC(C(=O)O)C1. The minimum absolute atomic E-state index is 0.0957. The third kappa shape index (κ3) is 2.02. The molecule has 1 N–H and O–H groups in total. The van der Waals surface area contributed by atoms with Gasteiger partial charge in [0, 0.05) is 19.1 Å². The van der Waals surface area contributed by atoms with Crippen molar-refractivity contribution in [3.8, 4) is 0 Å². The summed E-state index contributed by atoms with van der Waals surface area (Å²) < 4.78 is 0. The smallest absolute Gasteiger partial charge is 0.309 e. The first kappa shape index (κ1) is 9.00. The van der Waals surface area contributed by atoms with Crippen LogP contribution in [0.2, 0.25) is 0 Å². The normalized spacial score (nSPS) is 26.8. The van der Waals surface area contributed by atoms with Crippen molar-refractivity contribution in [3.63, 3.8) is 0 Å². The lowest BCUT2D eigenvalue weighted by Gasteiger charge is -2.41. The van der Waals surface area contributed by atoms with E-state index in [2.05, 4.69) is 11.8 Å². The van der Waals surface area contributed by atoms with Gasteiger partial charge in [0.1, 0.15) is 0 Å². The second-order valence-corrected chi connectivity index (χ2v) is 4.52. The molecule has 1 unspecified atom stereocenters. The van der Waals surface area contributed by atoms with Gasteiger partial charge in [0.25, 0.3) is 0 Å². The first-order valence-electron chi connectivity index (χ1n) is 5.13. The summed E-state index contributed by atoms with van der Waals surface area (Å²) in [6.07, 6.45) is 4.05. The van der Waals surface area contributed by atoms with Crippen LogP contribution in [0.3, 0.4) is 0 Å². The topological polar surface area (TPSA) is 40.5 Å². The molecule has 74 valence electrons. The number of hydrogen-bond acceptors (Lipinski definition) is 2. The van der Waals surface area contributed by atoms with Gasteiger partial charge in [-0.25, -0.2) is 0 Å². The Kier molecular flexibility index (Phi) is 2.28. The van der Waals surface area contributed by atoms with Crippen LogP contribution in [0.25, 0.3) is 0 Å². The summed E-state index contributed by atoms with van der Waals surface area (Å²) in [6.45, 7) is 3.75. The predicted octanol–water partition coefficient (Wildman–Crippen LogP) is 1.19. The zero-order chi connectivity index (χ0) is 9.42. The van der Waals surface area contributed by atoms with E-state index in [1.165, 1.54) is 19.3 Å². The van der Waals surface area contributed by atoms with E-state index in [0.717, 1.165) is 19.0 Å². The quantitative estimate of drug-likeness (QED) is 0.711. The Balaban J connectivity index is 1.69. The molecule has 13 heavy (non-hydrogen) atoms. The van der Waals surface area contributed by atoms with Crippen LogP contribution in [-0.4, -0.2) is 35.1 Å². The molecule has 0 radical (unpaired) electrons. The maximum atomic E-state index is 10.6. The number of likely N-dealkylation sites (tertiary alicyclic amines) is 1. The molecule has 1 saturated heterocycles. The Labute approximate surface area is 78.7 Å². The molecule has 3 nitrogen and oxygen atoms in total.